The Kier molecular flexibility index (Phi) is 6.14. The van der Waals surface area contributed by atoms with Gasteiger partial charge in [-0.3, -0.25) is 4.79 Å². The van der Waals surface area contributed by atoms with Gasteiger partial charge in [0.2, 0.25) is 0 Å². The number of hydrogen-bond donors (Lipinski definition) is 2. The fraction of sp³-hybridized carbons (Fsp3) is 0.500. The van der Waals surface area contributed by atoms with Gasteiger partial charge in [0.05, 0.1) is 4.99 Å². The fourth-order valence-corrected chi connectivity index (χ4v) is 2.20. The van der Waals surface area contributed by atoms with Gasteiger partial charge in [-0.15, -0.1) is 0 Å². The summed E-state index contributed by atoms with van der Waals surface area (Å²) in [6, 6.07) is 7.77. The van der Waals surface area contributed by atoms with Gasteiger partial charge in [0.1, 0.15) is 0 Å². The van der Waals surface area contributed by atoms with Crippen molar-refractivity contribution in [3.05, 3.63) is 35.4 Å². The van der Waals surface area contributed by atoms with E-state index in [1.807, 2.05) is 24.3 Å². The molecule has 0 aliphatic carbocycles. The first kappa shape index (κ1) is 16.6. The van der Waals surface area contributed by atoms with Crippen molar-refractivity contribution in [2.75, 3.05) is 6.54 Å². The van der Waals surface area contributed by atoms with E-state index in [9.17, 15) is 4.79 Å². The highest BCUT2D eigenvalue weighted by Crippen LogP contribution is 2.25. The van der Waals surface area contributed by atoms with Crippen molar-refractivity contribution >= 4 is 23.1 Å². The maximum Gasteiger partial charge on any atom is 0.251 e. The lowest BCUT2D eigenvalue weighted by molar-refractivity contribution is 0.0951. The Hall–Kier alpha value is -1.42. The van der Waals surface area contributed by atoms with Gasteiger partial charge in [-0.2, -0.15) is 0 Å². The van der Waals surface area contributed by atoms with Crippen molar-refractivity contribution in [1.29, 1.82) is 0 Å². The van der Waals surface area contributed by atoms with E-state index in [1.54, 1.807) is 0 Å². The molecule has 0 aliphatic heterocycles. The summed E-state index contributed by atoms with van der Waals surface area (Å²) in [4.78, 5) is 12.8. The molecule has 0 bridgehead atoms. The third-order valence-electron chi connectivity index (χ3n) is 3.12. The number of hydrogen-bond acceptors (Lipinski definition) is 2. The highest BCUT2D eigenvalue weighted by Gasteiger charge is 2.20. The lowest BCUT2D eigenvalue weighted by atomic mass is 9.83. The standard InChI is InChI=1S/C16H24N2OS/c1-16(2,3)13-9-5-4-8-12(13)15(19)18-11-7-6-10-14(17)20/h4-5,8-9H,6-7,10-11H2,1-3H3,(H2,17,20)(H,18,19). The third kappa shape index (κ3) is 5.29. The van der Waals surface area contributed by atoms with Crippen molar-refractivity contribution in [3.63, 3.8) is 0 Å². The van der Waals surface area contributed by atoms with Gasteiger partial charge < -0.3 is 11.1 Å². The van der Waals surface area contributed by atoms with Gasteiger partial charge >= 0.3 is 0 Å². The molecule has 0 radical (unpaired) electrons. The second-order valence-electron chi connectivity index (χ2n) is 5.97. The minimum Gasteiger partial charge on any atom is -0.393 e. The van der Waals surface area contributed by atoms with Crippen LogP contribution in [0.2, 0.25) is 0 Å². The SMILES string of the molecule is CC(C)(C)c1ccccc1C(=O)NCCCCC(N)=S. The van der Waals surface area contributed by atoms with E-state index in [1.165, 1.54) is 0 Å². The molecule has 1 aromatic rings. The quantitative estimate of drug-likeness (QED) is 0.625. The van der Waals surface area contributed by atoms with Gasteiger partial charge in [0.25, 0.3) is 5.91 Å². The van der Waals surface area contributed by atoms with Crippen molar-refractivity contribution in [2.24, 2.45) is 5.73 Å². The molecule has 0 unspecified atom stereocenters. The van der Waals surface area contributed by atoms with Crippen LogP contribution in [0, 0.1) is 0 Å². The summed E-state index contributed by atoms with van der Waals surface area (Å²) in [7, 11) is 0. The van der Waals surface area contributed by atoms with Crippen LogP contribution in [-0.2, 0) is 5.41 Å². The summed E-state index contributed by atoms with van der Waals surface area (Å²) in [6.45, 7) is 6.99. The van der Waals surface area contributed by atoms with Gasteiger partial charge in [0, 0.05) is 12.1 Å². The molecule has 0 aromatic heterocycles. The summed E-state index contributed by atoms with van der Waals surface area (Å²) in [6.07, 6.45) is 2.54. The van der Waals surface area contributed by atoms with Crippen LogP contribution in [0.4, 0.5) is 0 Å². The fourth-order valence-electron chi connectivity index (χ4n) is 2.06. The normalized spacial score (nSPS) is 11.2. The molecule has 1 amide bonds. The number of thiocarbonyl (C=S) groups is 1. The number of nitrogens with one attached hydrogen (secondary N) is 1. The molecule has 0 atom stereocenters. The molecule has 3 N–H and O–H groups in total. The Balaban J connectivity index is 2.58. The molecule has 0 aliphatic rings. The Morgan fingerprint density at radius 3 is 2.50 bits per heavy atom. The van der Waals surface area contributed by atoms with E-state index >= 15 is 0 Å². The summed E-state index contributed by atoms with van der Waals surface area (Å²) in [5.41, 5.74) is 7.22. The molecule has 4 heteroatoms. The van der Waals surface area contributed by atoms with Crippen LogP contribution < -0.4 is 11.1 Å². The van der Waals surface area contributed by atoms with Crippen LogP contribution in [0.5, 0.6) is 0 Å². The molecule has 0 heterocycles. The minimum atomic E-state index is -0.0420. The summed E-state index contributed by atoms with van der Waals surface area (Å²) in [5, 5.41) is 2.96. The lowest BCUT2D eigenvalue weighted by Crippen LogP contribution is -2.28. The molecular weight excluding hydrogens is 268 g/mol. The molecule has 3 nitrogen and oxygen atoms in total. The highest BCUT2D eigenvalue weighted by molar-refractivity contribution is 7.80. The molecule has 0 saturated carbocycles. The predicted octanol–water partition coefficient (Wildman–Crippen LogP) is 3.17. The molecule has 1 rings (SSSR count). The summed E-state index contributed by atoms with van der Waals surface area (Å²) < 4.78 is 0. The van der Waals surface area contributed by atoms with E-state index in [4.69, 9.17) is 18.0 Å². The Labute approximate surface area is 126 Å². The Morgan fingerprint density at radius 1 is 1.25 bits per heavy atom. The number of rotatable bonds is 6. The Morgan fingerprint density at radius 2 is 1.90 bits per heavy atom. The van der Waals surface area contributed by atoms with Crippen molar-refractivity contribution in [3.8, 4) is 0 Å². The second-order valence-corrected chi connectivity index (χ2v) is 6.50. The zero-order valence-electron chi connectivity index (χ0n) is 12.5. The molecule has 20 heavy (non-hydrogen) atoms. The molecule has 0 saturated heterocycles. The van der Waals surface area contributed by atoms with E-state index in [2.05, 4.69) is 26.1 Å². The summed E-state index contributed by atoms with van der Waals surface area (Å²) >= 11 is 4.82. The van der Waals surface area contributed by atoms with Crippen molar-refractivity contribution in [2.45, 2.75) is 45.4 Å². The molecule has 0 spiro atoms. The number of carbonyl (C=O) groups is 1. The second kappa shape index (κ2) is 7.39. The van der Waals surface area contributed by atoms with Crippen LogP contribution in [-0.4, -0.2) is 17.4 Å². The summed E-state index contributed by atoms with van der Waals surface area (Å²) in [5.74, 6) is -0.00847. The van der Waals surface area contributed by atoms with Crippen molar-refractivity contribution in [1.82, 2.24) is 5.32 Å². The van der Waals surface area contributed by atoms with E-state index in [-0.39, 0.29) is 11.3 Å². The van der Waals surface area contributed by atoms with E-state index in [0.717, 1.165) is 30.4 Å². The topological polar surface area (TPSA) is 55.1 Å². The van der Waals surface area contributed by atoms with Crippen LogP contribution in [0.25, 0.3) is 0 Å². The smallest absolute Gasteiger partial charge is 0.251 e. The first-order valence-electron chi connectivity index (χ1n) is 6.98. The zero-order valence-corrected chi connectivity index (χ0v) is 13.3. The average molecular weight is 292 g/mol. The number of carbonyl (C=O) groups excluding carboxylic acids is 1. The number of nitrogens with two attached hydrogens (primary N) is 1. The first-order chi connectivity index (χ1) is 9.32. The maximum absolute atomic E-state index is 12.2. The zero-order chi connectivity index (χ0) is 15.2. The van der Waals surface area contributed by atoms with Crippen LogP contribution in [0.1, 0.15) is 56.0 Å². The Bertz CT molecular complexity index is 478. The van der Waals surface area contributed by atoms with E-state index < -0.39 is 0 Å². The maximum atomic E-state index is 12.2. The van der Waals surface area contributed by atoms with Crippen molar-refractivity contribution < 1.29 is 4.79 Å². The third-order valence-corrected chi connectivity index (χ3v) is 3.32. The molecule has 1 aromatic carbocycles. The predicted molar refractivity (Wildman–Crippen MR) is 88.1 cm³/mol. The van der Waals surface area contributed by atoms with Crippen LogP contribution in [0.3, 0.4) is 0 Å². The number of benzene rings is 1. The van der Waals surface area contributed by atoms with Gasteiger partial charge in [-0.25, -0.2) is 0 Å². The number of amides is 1. The molecular formula is C16H24N2OS. The lowest BCUT2D eigenvalue weighted by Gasteiger charge is -2.22. The molecule has 0 fully saturated rings. The minimum absolute atomic E-state index is 0.00847. The van der Waals surface area contributed by atoms with Crippen LogP contribution in [0.15, 0.2) is 24.3 Å². The average Bonchev–Trinajstić information content (AvgIpc) is 2.36. The molecule has 110 valence electrons. The highest BCUT2D eigenvalue weighted by atomic mass is 32.1. The first-order valence-corrected chi connectivity index (χ1v) is 7.39. The van der Waals surface area contributed by atoms with Crippen LogP contribution >= 0.6 is 12.2 Å². The van der Waals surface area contributed by atoms with Gasteiger partial charge in [0.15, 0.2) is 0 Å². The van der Waals surface area contributed by atoms with Gasteiger partial charge in [-0.1, -0.05) is 51.2 Å². The van der Waals surface area contributed by atoms with Gasteiger partial charge in [-0.05, 0) is 36.3 Å². The number of unbranched alkanes of at least 4 members (excludes halogenated alkanes) is 1. The largest absolute Gasteiger partial charge is 0.393 e. The van der Waals surface area contributed by atoms with E-state index in [0.29, 0.717) is 11.5 Å². The monoisotopic (exact) mass is 292 g/mol.